The second-order valence-electron chi connectivity index (χ2n) is 4.58. The summed E-state index contributed by atoms with van der Waals surface area (Å²) in [6.07, 6.45) is 4.24. The van der Waals surface area contributed by atoms with Gasteiger partial charge in [0.2, 0.25) is 0 Å². The molecule has 118 valence electrons. The van der Waals surface area contributed by atoms with E-state index in [-0.39, 0.29) is 5.91 Å². The highest BCUT2D eigenvalue weighted by Gasteiger charge is 2.04. The minimum absolute atomic E-state index is 0.351. The number of hydrogen-bond donors (Lipinski definition) is 3. The average Bonchev–Trinajstić information content (AvgIpc) is 2.98. The quantitative estimate of drug-likeness (QED) is 0.340. The Morgan fingerprint density at radius 2 is 2.09 bits per heavy atom. The van der Waals surface area contributed by atoms with Crippen LogP contribution in [0, 0.1) is 6.92 Å². The van der Waals surface area contributed by atoms with Crippen molar-refractivity contribution in [2.45, 2.75) is 6.92 Å². The maximum atomic E-state index is 12.0. The number of aryl methyl sites for hydroxylation is 1. The zero-order chi connectivity index (χ0) is 16.7. The van der Waals surface area contributed by atoms with Crippen LogP contribution in [0.5, 0.6) is 0 Å². The molecule has 0 radical (unpaired) electrons. The number of hydroxylamine groups is 1. The van der Waals surface area contributed by atoms with Crippen LogP contribution in [0.2, 0.25) is 0 Å². The molecule has 0 saturated heterocycles. The van der Waals surface area contributed by atoms with Crippen LogP contribution in [-0.4, -0.2) is 23.2 Å². The van der Waals surface area contributed by atoms with Gasteiger partial charge in [-0.05, 0) is 42.8 Å². The number of benzene rings is 1. The van der Waals surface area contributed by atoms with Crippen molar-refractivity contribution in [2.24, 2.45) is 5.10 Å². The molecule has 0 saturated carbocycles. The van der Waals surface area contributed by atoms with Gasteiger partial charge in [-0.1, -0.05) is 12.1 Å². The Morgan fingerprint density at radius 3 is 2.78 bits per heavy atom. The SMILES string of the molecule is Cc1ccc(/C=N/NC(=O)c2cccc(/C=C/C(=O)NO)c2)s1. The summed E-state index contributed by atoms with van der Waals surface area (Å²) in [5.74, 6) is -0.993. The van der Waals surface area contributed by atoms with E-state index in [0.29, 0.717) is 11.1 Å². The van der Waals surface area contributed by atoms with Crippen molar-refractivity contribution >= 4 is 35.4 Å². The molecule has 0 fully saturated rings. The van der Waals surface area contributed by atoms with Crippen LogP contribution >= 0.6 is 11.3 Å². The highest BCUT2D eigenvalue weighted by molar-refractivity contribution is 7.13. The summed E-state index contributed by atoms with van der Waals surface area (Å²) in [7, 11) is 0. The largest absolute Gasteiger partial charge is 0.288 e. The molecule has 0 aliphatic heterocycles. The molecule has 2 aromatic rings. The molecule has 1 heterocycles. The van der Waals surface area contributed by atoms with Gasteiger partial charge in [0.15, 0.2) is 0 Å². The molecule has 0 aliphatic rings. The summed E-state index contributed by atoms with van der Waals surface area (Å²) in [5, 5.41) is 12.3. The number of nitrogens with one attached hydrogen (secondary N) is 2. The molecule has 3 N–H and O–H groups in total. The molecule has 1 aromatic carbocycles. The topological polar surface area (TPSA) is 90.8 Å². The lowest BCUT2D eigenvalue weighted by Gasteiger charge is -2.01. The minimum atomic E-state index is -0.643. The normalized spacial score (nSPS) is 11.0. The highest BCUT2D eigenvalue weighted by Crippen LogP contribution is 2.12. The molecule has 2 rings (SSSR count). The van der Waals surface area contributed by atoms with Gasteiger partial charge in [0.1, 0.15) is 0 Å². The van der Waals surface area contributed by atoms with Crippen LogP contribution < -0.4 is 10.9 Å². The van der Waals surface area contributed by atoms with Crippen LogP contribution in [-0.2, 0) is 4.79 Å². The molecule has 1 aromatic heterocycles. The first-order valence-electron chi connectivity index (χ1n) is 6.70. The number of thiophene rings is 1. The van der Waals surface area contributed by atoms with Crippen molar-refractivity contribution in [3.8, 4) is 0 Å². The van der Waals surface area contributed by atoms with E-state index >= 15 is 0 Å². The second-order valence-corrected chi connectivity index (χ2v) is 5.90. The molecule has 0 spiro atoms. The third kappa shape index (κ3) is 5.17. The van der Waals surface area contributed by atoms with Gasteiger partial charge in [0.05, 0.1) is 6.21 Å². The summed E-state index contributed by atoms with van der Waals surface area (Å²) < 4.78 is 0. The van der Waals surface area contributed by atoms with Gasteiger partial charge in [-0.15, -0.1) is 11.3 Å². The Kier molecular flexibility index (Phi) is 5.79. The third-order valence-electron chi connectivity index (χ3n) is 2.81. The summed E-state index contributed by atoms with van der Waals surface area (Å²) >= 11 is 1.58. The monoisotopic (exact) mass is 329 g/mol. The van der Waals surface area contributed by atoms with Gasteiger partial charge in [-0.2, -0.15) is 5.10 Å². The first kappa shape index (κ1) is 16.6. The Balaban J connectivity index is 2.00. The van der Waals surface area contributed by atoms with E-state index in [2.05, 4.69) is 10.5 Å². The molecule has 23 heavy (non-hydrogen) atoms. The Morgan fingerprint density at radius 1 is 1.26 bits per heavy atom. The smallest absolute Gasteiger partial charge is 0.271 e. The van der Waals surface area contributed by atoms with Gasteiger partial charge in [0.25, 0.3) is 11.8 Å². The van der Waals surface area contributed by atoms with E-state index in [0.717, 1.165) is 11.0 Å². The number of carbonyl (C=O) groups is 2. The molecular weight excluding hydrogens is 314 g/mol. The number of amides is 2. The van der Waals surface area contributed by atoms with Crippen molar-refractivity contribution in [3.05, 3.63) is 63.4 Å². The van der Waals surface area contributed by atoms with Gasteiger partial charge in [-0.25, -0.2) is 10.9 Å². The number of rotatable bonds is 5. The van der Waals surface area contributed by atoms with Crippen molar-refractivity contribution in [2.75, 3.05) is 0 Å². The third-order valence-corrected chi connectivity index (χ3v) is 3.74. The summed E-state index contributed by atoms with van der Waals surface area (Å²) in [5.41, 5.74) is 5.01. The molecular formula is C16H15N3O3S. The van der Waals surface area contributed by atoms with Crippen molar-refractivity contribution in [1.82, 2.24) is 10.9 Å². The maximum absolute atomic E-state index is 12.0. The van der Waals surface area contributed by atoms with E-state index in [1.54, 1.807) is 41.8 Å². The fourth-order valence-electron chi connectivity index (χ4n) is 1.73. The zero-order valence-corrected chi connectivity index (χ0v) is 13.1. The van der Waals surface area contributed by atoms with E-state index < -0.39 is 5.91 Å². The number of hydrogen-bond acceptors (Lipinski definition) is 5. The first-order chi connectivity index (χ1) is 11.1. The lowest BCUT2D eigenvalue weighted by atomic mass is 10.1. The minimum Gasteiger partial charge on any atom is -0.288 e. The Bertz CT molecular complexity index is 765. The Hall–Kier alpha value is -2.77. The average molecular weight is 329 g/mol. The fraction of sp³-hybridized carbons (Fsp3) is 0.0625. The lowest BCUT2D eigenvalue weighted by Crippen LogP contribution is -2.17. The van der Waals surface area contributed by atoms with Crippen molar-refractivity contribution < 1.29 is 14.8 Å². The molecule has 0 unspecified atom stereocenters. The van der Waals surface area contributed by atoms with E-state index in [1.165, 1.54) is 16.4 Å². The summed E-state index contributed by atoms with van der Waals surface area (Å²) in [6, 6.07) is 10.6. The van der Waals surface area contributed by atoms with Crippen LogP contribution in [0.3, 0.4) is 0 Å². The van der Waals surface area contributed by atoms with Crippen molar-refractivity contribution in [1.29, 1.82) is 0 Å². The second kappa shape index (κ2) is 8.02. The van der Waals surface area contributed by atoms with E-state index in [1.807, 2.05) is 19.1 Å². The molecule has 7 heteroatoms. The van der Waals surface area contributed by atoms with Gasteiger partial charge >= 0.3 is 0 Å². The molecule has 2 amide bonds. The zero-order valence-electron chi connectivity index (χ0n) is 12.3. The Labute approximate surface area is 137 Å². The fourth-order valence-corrected chi connectivity index (χ4v) is 2.48. The highest BCUT2D eigenvalue weighted by atomic mass is 32.1. The lowest BCUT2D eigenvalue weighted by molar-refractivity contribution is -0.124. The first-order valence-corrected chi connectivity index (χ1v) is 7.52. The molecule has 6 nitrogen and oxygen atoms in total. The summed E-state index contributed by atoms with van der Waals surface area (Å²) in [6.45, 7) is 2.00. The molecule has 0 bridgehead atoms. The standard InChI is InChI=1S/C16H15N3O3S/c1-11-5-7-14(23-11)10-17-18-16(21)13-4-2-3-12(9-13)6-8-15(20)19-22/h2-10,22H,1H3,(H,18,21)(H,19,20)/b8-6+,17-10+. The van der Waals surface area contributed by atoms with Gasteiger partial charge < -0.3 is 0 Å². The number of hydrazone groups is 1. The van der Waals surface area contributed by atoms with Crippen LogP contribution in [0.25, 0.3) is 6.08 Å². The number of nitrogens with zero attached hydrogens (tertiary/aromatic N) is 1. The van der Waals surface area contributed by atoms with Gasteiger partial charge in [0, 0.05) is 21.4 Å². The van der Waals surface area contributed by atoms with Crippen molar-refractivity contribution in [3.63, 3.8) is 0 Å². The maximum Gasteiger partial charge on any atom is 0.271 e. The molecule has 0 atom stereocenters. The van der Waals surface area contributed by atoms with Gasteiger partial charge in [-0.3, -0.25) is 14.8 Å². The summed E-state index contributed by atoms with van der Waals surface area (Å²) in [4.78, 5) is 25.1. The number of carbonyl (C=O) groups excluding carboxylic acids is 2. The van der Waals surface area contributed by atoms with E-state index in [4.69, 9.17) is 5.21 Å². The predicted molar refractivity (Wildman–Crippen MR) is 89.5 cm³/mol. The van der Waals surface area contributed by atoms with E-state index in [9.17, 15) is 9.59 Å². The van der Waals surface area contributed by atoms with Crippen LogP contribution in [0.4, 0.5) is 0 Å². The predicted octanol–water partition coefficient (Wildman–Crippen LogP) is 2.34. The molecule has 0 aliphatic carbocycles. The van der Waals surface area contributed by atoms with Crippen LogP contribution in [0.1, 0.15) is 25.7 Å². The van der Waals surface area contributed by atoms with Crippen LogP contribution in [0.15, 0.2) is 47.6 Å².